The minimum absolute atomic E-state index is 0.150. The van der Waals surface area contributed by atoms with Crippen molar-refractivity contribution in [1.82, 2.24) is 0 Å². The predicted octanol–water partition coefficient (Wildman–Crippen LogP) is 2.93. The molecule has 1 aromatic rings. The van der Waals surface area contributed by atoms with Crippen molar-refractivity contribution < 1.29 is 9.18 Å². The largest absolute Gasteiger partial charge is 0.294 e. The van der Waals surface area contributed by atoms with Crippen LogP contribution in [0.25, 0.3) is 0 Å². The first-order chi connectivity index (χ1) is 7.06. The number of benzene rings is 1. The summed E-state index contributed by atoms with van der Waals surface area (Å²) in [7, 11) is 0. The molecule has 1 rings (SSSR count). The fourth-order valence-electron chi connectivity index (χ4n) is 1.35. The zero-order valence-corrected chi connectivity index (χ0v) is 8.75. The van der Waals surface area contributed by atoms with Crippen molar-refractivity contribution in [3.05, 3.63) is 35.1 Å². The Kier molecular flexibility index (Phi) is 3.56. The predicted molar refractivity (Wildman–Crippen MR) is 54.9 cm³/mol. The van der Waals surface area contributed by atoms with Crippen LogP contribution in [0.4, 0.5) is 4.39 Å². The zero-order chi connectivity index (χ0) is 11.4. The topological polar surface area (TPSA) is 40.9 Å². The highest BCUT2D eigenvalue weighted by Crippen LogP contribution is 2.16. The molecule has 2 nitrogen and oxygen atoms in total. The molecule has 1 aromatic carbocycles. The van der Waals surface area contributed by atoms with E-state index in [9.17, 15) is 9.18 Å². The normalized spacial score (nSPS) is 10.1. The summed E-state index contributed by atoms with van der Waals surface area (Å²) < 4.78 is 13.2. The number of ketones is 1. The fourth-order valence-corrected chi connectivity index (χ4v) is 1.35. The Balaban J connectivity index is 3.10. The van der Waals surface area contributed by atoms with Crippen LogP contribution < -0.4 is 0 Å². The molecule has 0 aromatic heterocycles. The molecule has 0 radical (unpaired) electrons. The van der Waals surface area contributed by atoms with E-state index in [0.717, 1.165) is 0 Å². The summed E-state index contributed by atoms with van der Waals surface area (Å²) >= 11 is 0. The van der Waals surface area contributed by atoms with Crippen LogP contribution >= 0.6 is 0 Å². The molecule has 0 spiro atoms. The molecule has 0 N–H and O–H groups in total. The average Bonchev–Trinajstić information content (AvgIpc) is 2.16. The summed E-state index contributed by atoms with van der Waals surface area (Å²) in [5.41, 5.74) is 0.0364. The van der Waals surface area contributed by atoms with Crippen LogP contribution in [0.5, 0.6) is 0 Å². The van der Waals surface area contributed by atoms with Crippen molar-refractivity contribution in [3.63, 3.8) is 0 Å². The molecule has 0 saturated carbocycles. The van der Waals surface area contributed by atoms with Gasteiger partial charge in [0, 0.05) is 12.0 Å². The van der Waals surface area contributed by atoms with E-state index in [1.807, 2.05) is 13.8 Å². The van der Waals surface area contributed by atoms with E-state index < -0.39 is 5.82 Å². The zero-order valence-electron chi connectivity index (χ0n) is 8.75. The molecule has 78 valence electrons. The Labute approximate surface area is 88.3 Å². The molecule has 0 aliphatic heterocycles. The number of nitriles is 1. The van der Waals surface area contributed by atoms with Crippen LogP contribution in [-0.4, -0.2) is 5.78 Å². The van der Waals surface area contributed by atoms with Gasteiger partial charge < -0.3 is 0 Å². The van der Waals surface area contributed by atoms with Gasteiger partial charge in [0.25, 0.3) is 0 Å². The van der Waals surface area contributed by atoms with Crippen molar-refractivity contribution in [3.8, 4) is 6.07 Å². The molecule has 0 unspecified atom stereocenters. The number of carbonyl (C=O) groups excluding carboxylic acids is 1. The molecular formula is C12H12FNO. The van der Waals surface area contributed by atoms with Gasteiger partial charge in [0.05, 0.1) is 5.56 Å². The second-order valence-electron chi connectivity index (χ2n) is 3.80. The molecule has 0 fully saturated rings. The number of hydrogen-bond acceptors (Lipinski definition) is 2. The van der Waals surface area contributed by atoms with E-state index >= 15 is 0 Å². The highest BCUT2D eigenvalue weighted by atomic mass is 19.1. The third kappa shape index (κ3) is 2.63. The lowest BCUT2D eigenvalue weighted by atomic mass is 9.97. The second kappa shape index (κ2) is 4.70. The Hall–Kier alpha value is -1.69. The Morgan fingerprint density at radius 3 is 2.73 bits per heavy atom. The Morgan fingerprint density at radius 2 is 2.20 bits per heavy atom. The smallest absolute Gasteiger partial charge is 0.164 e. The molecule has 3 heteroatoms. The van der Waals surface area contributed by atoms with Gasteiger partial charge in [0.2, 0.25) is 0 Å². The number of hydrogen-bond donors (Lipinski definition) is 0. The van der Waals surface area contributed by atoms with Crippen LogP contribution in [-0.2, 0) is 0 Å². The maximum atomic E-state index is 13.2. The van der Waals surface area contributed by atoms with E-state index in [-0.39, 0.29) is 22.8 Å². The van der Waals surface area contributed by atoms with Crippen LogP contribution in [0.3, 0.4) is 0 Å². The van der Waals surface area contributed by atoms with Gasteiger partial charge in [-0.3, -0.25) is 4.79 Å². The van der Waals surface area contributed by atoms with Gasteiger partial charge >= 0.3 is 0 Å². The summed E-state index contributed by atoms with van der Waals surface area (Å²) in [6.07, 6.45) is 0.331. The van der Waals surface area contributed by atoms with Gasteiger partial charge in [-0.25, -0.2) is 4.39 Å². The quantitative estimate of drug-likeness (QED) is 0.712. The first-order valence-corrected chi connectivity index (χ1v) is 4.78. The first kappa shape index (κ1) is 11.4. The standard InChI is InChI=1S/C12H12FNO/c1-8(2)6-12(15)9-4-3-5-11(13)10(9)7-14/h3-5,8H,6H2,1-2H3. The van der Waals surface area contributed by atoms with E-state index in [2.05, 4.69) is 0 Å². The number of Topliss-reactive ketones (excluding diaryl/α,β-unsaturated/α-hetero) is 1. The molecule has 15 heavy (non-hydrogen) atoms. The van der Waals surface area contributed by atoms with E-state index in [1.54, 1.807) is 6.07 Å². The maximum absolute atomic E-state index is 13.2. The number of carbonyl (C=O) groups is 1. The lowest BCUT2D eigenvalue weighted by Gasteiger charge is -2.05. The minimum atomic E-state index is -0.632. The monoisotopic (exact) mass is 205 g/mol. The summed E-state index contributed by atoms with van der Waals surface area (Å²) in [5.74, 6) is -0.611. The SMILES string of the molecule is CC(C)CC(=O)c1cccc(F)c1C#N. The van der Waals surface area contributed by atoms with Crippen LogP contribution in [0.1, 0.15) is 36.2 Å². The van der Waals surface area contributed by atoms with Gasteiger partial charge in [-0.15, -0.1) is 0 Å². The molecule has 0 bridgehead atoms. The van der Waals surface area contributed by atoms with E-state index in [4.69, 9.17) is 5.26 Å². The molecule has 0 atom stereocenters. The summed E-state index contributed by atoms with van der Waals surface area (Å²) in [5, 5.41) is 8.74. The van der Waals surface area contributed by atoms with E-state index in [1.165, 1.54) is 18.2 Å². The summed E-state index contributed by atoms with van der Waals surface area (Å²) in [6.45, 7) is 3.81. The lowest BCUT2D eigenvalue weighted by Crippen LogP contribution is -2.06. The number of halogens is 1. The van der Waals surface area contributed by atoms with E-state index in [0.29, 0.717) is 6.42 Å². The van der Waals surface area contributed by atoms with Crippen molar-refractivity contribution in [2.24, 2.45) is 5.92 Å². The van der Waals surface area contributed by atoms with Crippen LogP contribution in [0.2, 0.25) is 0 Å². The third-order valence-electron chi connectivity index (χ3n) is 2.02. The highest BCUT2D eigenvalue weighted by molar-refractivity contribution is 5.98. The summed E-state index contributed by atoms with van der Waals surface area (Å²) in [4.78, 5) is 11.7. The van der Waals surface area contributed by atoms with Gasteiger partial charge in [-0.2, -0.15) is 5.26 Å². The van der Waals surface area contributed by atoms with Crippen molar-refractivity contribution in [2.75, 3.05) is 0 Å². The van der Waals surface area contributed by atoms with Gasteiger partial charge in [0.1, 0.15) is 11.9 Å². The number of nitrogens with zero attached hydrogens (tertiary/aromatic N) is 1. The fraction of sp³-hybridized carbons (Fsp3) is 0.333. The molecular weight excluding hydrogens is 193 g/mol. The molecule has 0 aliphatic rings. The highest BCUT2D eigenvalue weighted by Gasteiger charge is 2.15. The van der Waals surface area contributed by atoms with Crippen molar-refractivity contribution in [2.45, 2.75) is 20.3 Å². The van der Waals surface area contributed by atoms with Gasteiger partial charge in [0.15, 0.2) is 5.78 Å². The Morgan fingerprint density at radius 1 is 1.53 bits per heavy atom. The lowest BCUT2D eigenvalue weighted by molar-refractivity contribution is 0.0967. The van der Waals surface area contributed by atoms with Crippen molar-refractivity contribution >= 4 is 5.78 Å². The maximum Gasteiger partial charge on any atom is 0.164 e. The molecule has 0 aliphatic carbocycles. The second-order valence-corrected chi connectivity index (χ2v) is 3.80. The van der Waals surface area contributed by atoms with Gasteiger partial charge in [-0.05, 0) is 18.1 Å². The van der Waals surface area contributed by atoms with Gasteiger partial charge in [-0.1, -0.05) is 19.9 Å². The van der Waals surface area contributed by atoms with Crippen LogP contribution in [0, 0.1) is 23.1 Å². The minimum Gasteiger partial charge on any atom is -0.294 e. The Bertz CT molecular complexity index is 418. The molecule has 0 amide bonds. The molecule has 0 saturated heterocycles. The van der Waals surface area contributed by atoms with Crippen LogP contribution in [0.15, 0.2) is 18.2 Å². The van der Waals surface area contributed by atoms with Crippen molar-refractivity contribution in [1.29, 1.82) is 5.26 Å². The molecule has 0 heterocycles. The number of rotatable bonds is 3. The average molecular weight is 205 g/mol. The third-order valence-corrected chi connectivity index (χ3v) is 2.02. The first-order valence-electron chi connectivity index (χ1n) is 4.78. The summed E-state index contributed by atoms with van der Waals surface area (Å²) in [6, 6.07) is 5.85.